The van der Waals surface area contributed by atoms with E-state index in [1.165, 1.54) is 17.0 Å². The molecule has 2 fully saturated rings. The second kappa shape index (κ2) is 9.01. The quantitative estimate of drug-likeness (QED) is 0.638. The Labute approximate surface area is 201 Å². The van der Waals surface area contributed by atoms with Gasteiger partial charge in [-0.1, -0.05) is 0 Å². The molecule has 1 aliphatic heterocycles. The Balaban J connectivity index is 1.78. The van der Waals surface area contributed by atoms with E-state index >= 15 is 8.78 Å². The molecule has 2 aromatic rings. The normalized spacial score (nSPS) is 20.2. The zero-order valence-corrected chi connectivity index (χ0v) is 20.0. The Morgan fingerprint density at radius 2 is 2.00 bits per heavy atom. The number of hydrogen-bond donors (Lipinski definition) is 2. The number of alkyl halides is 1. The largest absolute Gasteiger partial charge is 0.446 e. The van der Waals surface area contributed by atoms with Crippen LogP contribution < -0.4 is 21.5 Å². The lowest BCUT2D eigenvalue weighted by Gasteiger charge is -2.27. The van der Waals surface area contributed by atoms with Gasteiger partial charge in [0, 0.05) is 36.0 Å². The van der Waals surface area contributed by atoms with Crippen LogP contribution in [0.25, 0.3) is 10.9 Å². The predicted octanol–water partition coefficient (Wildman–Crippen LogP) is 3.51. The molecule has 0 bridgehead atoms. The molecule has 0 radical (unpaired) electrons. The third-order valence-corrected chi connectivity index (χ3v) is 6.05. The van der Waals surface area contributed by atoms with Crippen molar-refractivity contribution in [3.05, 3.63) is 39.9 Å². The molecule has 190 valence electrons. The Morgan fingerprint density at radius 1 is 1.29 bits per heavy atom. The van der Waals surface area contributed by atoms with Crippen molar-refractivity contribution in [2.75, 3.05) is 24.6 Å². The average Bonchev–Trinajstić information content (AvgIpc) is 3.51. The molecule has 1 aliphatic carbocycles. The van der Waals surface area contributed by atoms with Crippen molar-refractivity contribution in [2.45, 2.75) is 63.9 Å². The van der Waals surface area contributed by atoms with Crippen LogP contribution in [0, 0.1) is 5.82 Å². The predicted molar refractivity (Wildman–Crippen MR) is 126 cm³/mol. The fourth-order valence-electron chi connectivity index (χ4n) is 4.49. The van der Waals surface area contributed by atoms with Gasteiger partial charge in [-0.25, -0.2) is 18.4 Å². The fraction of sp³-hybridized carbons (Fsp3) is 0.542. The van der Waals surface area contributed by atoms with Gasteiger partial charge in [0.15, 0.2) is 5.67 Å². The summed E-state index contributed by atoms with van der Waals surface area (Å²) < 4.78 is 42.5. The van der Waals surface area contributed by atoms with Gasteiger partial charge in [0.2, 0.25) is 0 Å². The fourth-order valence-corrected chi connectivity index (χ4v) is 4.49. The van der Waals surface area contributed by atoms with Gasteiger partial charge < -0.3 is 30.0 Å². The van der Waals surface area contributed by atoms with Gasteiger partial charge in [0.1, 0.15) is 18.0 Å². The first-order valence-electron chi connectivity index (χ1n) is 11.6. The summed E-state index contributed by atoms with van der Waals surface area (Å²) >= 11 is 0. The molecule has 1 atom stereocenters. The second-order valence-electron chi connectivity index (χ2n) is 10.2. The standard InChI is InChI=1S/C24H30F2N4O5/c1-23(2,3)35-22(33)28-11-16-19-14(4-7-18(31)30(19)15-5-6-15)10-17(25)20(16)29-9-8-24(26,12-29)13-34-21(27)32/h4,7,10,15H,5-6,8-9,11-13H2,1-3H3,(H2,27,32)(H,28,33). The third kappa shape index (κ3) is 5.49. The number of halogens is 2. The van der Waals surface area contributed by atoms with Crippen LogP contribution in [0.5, 0.6) is 0 Å². The van der Waals surface area contributed by atoms with Gasteiger partial charge in [-0.15, -0.1) is 0 Å². The summed E-state index contributed by atoms with van der Waals surface area (Å²) in [6, 6.07) is 4.24. The molecule has 9 nitrogen and oxygen atoms in total. The van der Waals surface area contributed by atoms with Crippen molar-refractivity contribution in [2.24, 2.45) is 5.73 Å². The van der Waals surface area contributed by atoms with Crippen molar-refractivity contribution < 1.29 is 27.8 Å². The molecule has 1 saturated heterocycles. The topological polar surface area (TPSA) is 116 Å². The maximum atomic E-state index is 15.5. The molecule has 11 heteroatoms. The van der Waals surface area contributed by atoms with Crippen LogP contribution in [-0.2, 0) is 16.0 Å². The molecule has 3 N–H and O–H groups in total. The number of aromatic nitrogens is 1. The summed E-state index contributed by atoms with van der Waals surface area (Å²) in [4.78, 5) is 37.7. The van der Waals surface area contributed by atoms with Crippen molar-refractivity contribution >= 4 is 28.8 Å². The van der Waals surface area contributed by atoms with Crippen LogP contribution in [0.2, 0.25) is 0 Å². The molecule has 1 saturated carbocycles. The molecular formula is C24H30F2N4O5. The number of primary amides is 1. The number of hydrogen-bond acceptors (Lipinski definition) is 6. The van der Waals surface area contributed by atoms with Crippen molar-refractivity contribution in [1.29, 1.82) is 0 Å². The number of fused-ring (bicyclic) bond motifs is 1. The first kappa shape index (κ1) is 24.7. The van der Waals surface area contributed by atoms with Crippen molar-refractivity contribution in [1.82, 2.24) is 9.88 Å². The van der Waals surface area contributed by atoms with Crippen LogP contribution in [0.15, 0.2) is 23.0 Å². The van der Waals surface area contributed by atoms with Gasteiger partial charge in [-0.05, 0) is 45.7 Å². The lowest BCUT2D eigenvalue weighted by Crippen LogP contribution is -2.37. The molecule has 1 aromatic heterocycles. The minimum Gasteiger partial charge on any atom is -0.446 e. The Kier molecular flexibility index (Phi) is 6.37. The summed E-state index contributed by atoms with van der Waals surface area (Å²) in [7, 11) is 0. The number of ether oxygens (including phenoxy) is 2. The monoisotopic (exact) mass is 492 g/mol. The van der Waals surface area contributed by atoms with Crippen molar-refractivity contribution in [3.8, 4) is 0 Å². The van der Waals surface area contributed by atoms with Crippen LogP contribution in [-0.4, -0.2) is 47.7 Å². The average molecular weight is 493 g/mol. The summed E-state index contributed by atoms with van der Waals surface area (Å²) in [6.07, 6.45) is -0.180. The summed E-state index contributed by atoms with van der Waals surface area (Å²) in [6.45, 7) is 4.37. The number of carbonyl (C=O) groups excluding carboxylic acids is 2. The molecule has 2 aliphatic rings. The first-order chi connectivity index (χ1) is 16.4. The lowest BCUT2D eigenvalue weighted by atomic mass is 10.0. The first-order valence-corrected chi connectivity index (χ1v) is 11.6. The van der Waals surface area contributed by atoms with Gasteiger partial charge in [0.25, 0.3) is 5.56 Å². The molecule has 1 unspecified atom stereocenters. The number of amides is 2. The van der Waals surface area contributed by atoms with Crippen LogP contribution in [0.3, 0.4) is 0 Å². The minimum absolute atomic E-state index is 0.0130. The zero-order valence-electron chi connectivity index (χ0n) is 20.0. The number of nitrogens with two attached hydrogens (primary N) is 1. The number of pyridine rings is 1. The highest BCUT2D eigenvalue weighted by Crippen LogP contribution is 2.41. The van der Waals surface area contributed by atoms with Gasteiger partial charge >= 0.3 is 12.2 Å². The Morgan fingerprint density at radius 3 is 2.63 bits per heavy atom. The molecule has 1 aromatic carbocycles. The SMILES string of the molecule is CC(C)(C)OC(=O)NCc1c(N2CCC(F)(COC(N)=O)C2)c(F)cc2ccc(=O)n(C3CC3)c12. The van der Waals surface area contributed by atoms with Gasteiger partial charge in [0.05, 0.1) is 24.3 Å². The van der Waals surface area contributed by atoms with Crippen LogP contribution >= 0.6 is 0 Å². The van der Waals surface area contributed by atoms with Gasteiger partial charge in [-0.2, -0.15) is 0 Å². The number of anilines is 1. The summed E-state index contributed by atoms with van der Waals surface area (Å²) in [5, 5.41) is 3.16. The van der Waals surface area contributed by atoms with Gasteiger partial charge in [-0.3, -0.25) is 4.79 Å². The number of benzene rings is 1. The molecule has 35 heavy (non-hydrogen) atoms. The highest BCUT2D eigenvalue weighted by atomic mass is 19.1. The number of rotatable bonds is 6. The maximum Gasteiger partial charge on any atom is 0.407 e. The summed E-state index contributed by atoms with van der Waals surface area (Å²) in [5.41, 5.74) is 3.03. The van der Waals surface area contributed by atoms with E-state index in [9.17, 15) is 14.4 Å². The third-order valence-electron chi connectivity index (χ3n) is 6.05. The van der Waals surface area contributed by atoms with E-state index in [0.29, 0.717) is 16.5 Å². The number of carbonyl (C=O) groups is 2. The smallest absolute Gasteiger partial charge is 0.407 e. The molecule has 2 heterocycles. The van der Waals surface area contributed by atoms with E-state index < -0.39 is 35.9 Å². The molecule has 0 spiro atoms. The van der Waals surface area contributed by atoms with E-state index in [-0.39, 0.29) is 43.3 Å². The molecule has 4 rings (SSSR count). The van der Waals surface area contributed by atoms with E-state index in [1.54, 1.807) is 31.4 Å². The lowest BCUT2D eigenvalue weighted by molar-refractivity contribution is 0.0523. The highest BCUT2D eigenvalue weighted by molar-refractivity contribution is 5.89. The molecular weight excluding hydrogens is 462 g/mol. The number of nitrogens with one attached hydrogen (secondary N) is 1. The van der Waals surface area contributed by atoms with Crippen LogP contribution in [0.1, 0.15) is 51.6 Å². The Bertz CT molecular complexity index is 1220. The van der Waals surface area contributed by atoms with E-state index in [0.717, 1.165) is 12.8 Å². The van der Waals surface area contributed by atoms with E-state index in [1.807, 2.05) is 0 Å². The van der Waals surface area contributed by atoms with Crippen LogP contribution in [0.4, 0.5) is 24.1 Å². The number of alkyl carbamates (subject to hydrolysis) is 1. The highest BCUT2D eigenvalue weighted by Gasteiger charge is 2.41. The van der Waals surface area contributed by atoms with E-state index in [4.69, 9.17) is 10.5 Å². The number of nitrogens with zero attached hydrogens (tertiary/aromatic N) is 2. The Hall–Kier alpha value is -3.37. The zero-order chi connectivity index (χ0) is 25.5. The molecule has 2 amide bonds. The summed E-state index contributed by atoms with van der Waals surface area (Å²) in [5.74, 6) is -0.612. The second-order valence-corrected chi connectivity index (χ2v) is 10.2. The van der Waals surface area contributed by atoms with Crippen molar-refractivity contribution in [3.63, 3.8) is 0 Å². The maximum absolute atomic E-state index is 15.5. The van der Waals surface area contributed by atoms with E-state index in [2.05, 4.69) is 10.1 Å². The minimum atomic E-state index is -1.92.